The van der Waals surface area contributed by atoms with Crippen LogP contribution in [0, 0.1) is 5.41 Å². The highest BCUT2D eigenvalue weighted by atomic mass is 79.9. The minimum absolute atomic E-state index is 0.164. The van der Waals surface area contributed by atoms with E-state index >= 15 is 0 Å². The Morgan fingerprint density at radius 2 is 2.11 bits per heavy atom. The molecule has 0 bridgehead atoms. The predicted octanol–water partition coefficient (Wildman–Crippen LogP) is 2.48. The van der Waals surface area contributed by atoms with Crippen molar-refractivity contribution in [2.75, 3.05) is 6.54 Å². The average Bonchev–Trinajstić information content (AvgIpc) is 2.22. The number of nitrogens with one attached hydrogen (secondary N) is 1. The molecule has 1 aromatic carbocycles. The maximum atomic E-state index is 11.4. The monoisotopic (exact) mass is 312 g/mol. The van der Waals surface area contributed by atoms with Crippen molar-refractivity contribution in [3.05, 3.63) is 34.3 Å². The number of benzene rings is 1. The molecule has 1 unspecified atom stereocenters. The fraction of sp³-hybridized carbons (Fsp3) is 0.500. The van der Waals surface area contributed by atoms with E-state index in [2.05, 4.69) is 33.4 Å². The summed E-state index contributed by atoms with van der Waals surface area (Å²) in [5.74, 6) is -0.295. The van der Waals surface area contributed by atoms with Gasteiger partial charge in [0.2, 0.25) is 5.91 Å². The van der Waals surface area contributed by atoms with Crippen LogP contribution < -0.4 is 11.1 Å². The topological polar surface area (TPSA) is 55.1 Å². The number of primary amides is 1. The van der Waals surface area contributed by atoms with E-state index in [1.165, 1.54) is 5.56 Å². The van der Waals surface area contributed by atoms with Gasteiger partial charge in [-0.1, -0.05) is 48.8 Å². The minimum atomic E-state index is -0.301. The van der Waals surface area contributed by atoms with E-state index in [9.17, 15) is 4.79 Å². The maximum Gasteiger partial charge on any atom is 0.235 e. The molecule has 0 aliphatic carbocycles. The molecular formula is C14H21BrN2O. The van der Waals surface area contributed by atoms with Crippen molar-refractivity contribution in [3.63, 3.8) is 0 Å². The second kappa shape index (κ2) is 6.34. The summed E-state index contributed by atoms with van der Waals surface area (Å²) in [6, 6.07) is 7.86. The Morgan fingerprint density at radius 1 is 1.44 bits per heavy atom. The fourth-order valence-electron chi connectivity index (χ4n) is 1.89. The zero-order valence-corrected chi connectivity index (χ0v) is 12.8. The van der Waals surface area contributed by atoms with E-state index in [1.807, 2.05) is 32.9 Å². The number of hydrogen-bond acceptors (Lipinski definition) is 2. The molecule has 0 saturated heterocycles. The van der Waals surface area contributed by atoms with E-state index in [-0.39, 0.29) is 17.4 Å². The number of nitrogens with two attached hydrogens (primary N) is 1. The fourth-order valence-corrected chi connectivity index (χ4v) is 2.33. The highest BCUT2D eigenvalue weighted by Crippen LogP contribution is 2.19. The second-order valence-corrected chi connectivity index (χ2v) is 6.45. The SMILES string of the molecule is CC(C)(C)C(NCCc1cccc(Br)c1)C(N)=O. The minimum Gasteiger partial charge on any atom is -0.368 e. The van der Waals surface area contributed by atoms with Crippen LogP contribution in [0.25, 0.3) is 0 Å². The highest BCUT2D eigenvalue weighted by molar-refractivity contribution is 9.10. The van der Waals surface area contributed by atoms with Gasteiger partial charge in [0.25, 0.3) is 0 Å². The van der Waals surface area contributed by atoms with Gasteiger partial charge in [0.15, 0.2) is 0 Å². The van der Waals surface area contributed by atoms with Gasteiger partial charge in [0.05, 0.1) is 6.04 Å². The van der Waals surface area contributed by atoms with Crippen LogP contribution >= 0.6 is 15.9 Å². The van der Waals surface area contributed by atoms with Crippen molar-refractivity contribution in [1.29, 1.82) is 0 Å². The first kappa shape index (κ1) is 15.2. The standard InChI is InChI=1S/C14H21BrN2O/c1-14(2,3)12(13(16)18)17-8-7-10-5-4-6-11(15)9-10/h4-6,9,12,17H,7-8H2,1-3H3,(H2,16,18). The summed E-state index contributed by atoms with van der Waals surface area (Å²) in [6.07, 6.45) is 0.874. The molecule has 18 heavy (non-hydrogen) atoms. The van der Waals surface area contributed by atoms with Crippen LogP contribution in [0.2, 0.25) is 0 Å². The summed E-state index contributed by atoms with van der Waals surface area (Å²) < 4.78 is 1.07. The molecule has 0 heterocycles. The smallest absolute Gasteiger partial charge is 0.235 e. The van der Waals surface area contributed by atoms with Gasteiger partial charge in [0, 0.05) is 4.47 Å². The third-order valence-electron chi connectivity index (χ3n) is 2.80. The van der Waals surface area contributed by atoms with Gasteiger partial charge >= 0.3 is 0 Å². The molecule has 0 fully saturated rings. The Hall–Kier alpha value is -0.870. The Labute approximate surface area is 117 Å². The van der Waals surface area contributed by atoms with Crippen molar-refractivity contribution in [1.82, 2.24) is 5.32 Å². The van der Waals surface area contributed by atoms with Crippen LogP contribution in [-0.4, -0.2) is 18.5 Å². The summed E-state index contributed by atoms with van der Waals surface area (Å²) >= 11 is 3.44. The molecule has 3 nitrogen and oxygen atoms in total. The first-order valence-corrected chi connectivity index (χ1v) is 6.87. The van der Waals surface area contributed by atoms with Gasteiger partial charge in [-0.05, 0) is 36.1 Å². The normalized spacial score (nSPS) is 13.3. The van der Waals surface area contributed by atoms with Crippen LogP contribution in [-0.2, 0) is 11.2 Å². The molecule has 1 amide bonds. The summed E-state index contributed by atoms with van der Waals surface area (Å²) in [7, 11) is 0. The quantitative estimate of drug-likeness (QED) is 0.877. The lowest BCUT2D eigenvalue weighted by molar-refractivity contribution is -0.122. The van der Waals surface area contributed by atoms with Crippen molar-refractivity contribution in [2.24, 2.45) is 11.1 Å². The van der Waals surface area contributed by atoms with E-state index < -0.39 is 0 Å². The van der Waals surface area contributed by atoms with Crippen LogP contribution in [0.3, 0.4) is 0 Å². The van der Waals surface area contributed by atoms with Crippen molar-refractivity contribution >= 4 is 21.8 Å². The number of hydrogen-bond donors (Lipinski definition) is 2. The van der Waals surface area contributed by atoms with Gasteiger partial charge in [0.1, 0.15) is 0 Å². The average molecular weight is 313 g/mol. The summed E-state index contributed by atoms with van der Waals surface area (Å²) in [4.78, 5) is 11.4. The summed E-state index contributed by atoms with van der Waals surface area (Å²) in [6.45, 7) is 6.76. The molecular weight excluding hydrogens is 292 g/mol. The molecule has 3 N–H and O–H groups in total. The zero-order chi connectivity index (χ0) is 13.8. The molecule has 0 aromatic heterocycles. The number of carbonyl (C=O) groups excluding carboxylic acids is 1. The van der Waals surface area contributed by atoms with Gasteiger partial charge in [-0.2, -0.15) is 0 Å². The maximum absolute atomic E-state index is 11.4. The van der Waals surface area contributed by atoms with Crippen LogP contribution in [0.1, 0.15) is 26.3 Å². The first-order valence-electron chi connectivity index (χ1n) is 6.08. The lowest BCUT2D eigenvalue weighted by Gasteiger charge is -2.28. The van der Waals surface area contributed by atoms with Gasteiger partial charge in [-0.3, -0.25) is 4.79 Å². The predicted molar refractivity (Wildman–Crippen MR) is 78.3 cm³/mol. The molecule has 0 aliphatic rings. The molecule has 1 atom stereocenters. The first-order chi connectivity index (χ1) is 8.30. The van der Waals surface area contributed by atoms with Crippen molar-refractivity contribution in [2.45, 2.75) is 33.2 Å². The van der Waals surface area contributed by atoms with E-state index in [0.717, 1.165) is 17.4 Å². The zero-order valence-electron chi connectivity index (χ0n) is 11.2. The van der Waals surface area contributed by atoms with Crippen molar-refractivity contribution in [3.8, 4) is 0 Å². The van der Waals surface area contributed by atoms with E-state index in [0.29, 0.717) is 0 Å². The van der Waals surface area contributed by atoms with Crippen LogP contribution in [0.15, 0.2) is 28.7 Å². The summed E-state index contributed by atoms with van der Waals surface area (Å²) in [5.41, 5.74) is 6.48. The number of rotatable bonds is 5. The van der Waals surface area contributed by atoms with Crippen molar-refractivity contribution < 1.29 is 4.79 Å². The van der Waals surface area contributed by atoms with Gasteiger partial charge in [-0.15, -0.1) is 0 Å². The largest absolute Gasteiger partial charge is 0.368 e. The lowest BCUT2D eigenvalue weighted by Crippen LogP contribution is -2.50. The number of carbonyl (C=O) groups is 1. The molecule has 0 spiro atoms. The molecule has 1 aromatic rings. The second-order valence-electron chi connectivity index (χ2n) is 5.54. The van der Waals surface area contributed by atoms with Gasteiger partial charge in [-0.25, -0.2) is 0 Å². The molecule has 0 radical (unpaired) electrons. The van der Waals surface area contributed by atoms with E-state index in [1.54, 1.807) is 0 Å². The van der Waals surface area contributed by atoms with Crippen LogP contribution in [0.5, 0.6) is 0 Å². The molecule has 1 rings (SSSR count). The third kappa shape index (κ3) is 4.78. The number of halogens is 1. The Morgan fingerprint density at radius 3 is 2.61 bits per heavy atom. The Kier molecular flexibility index (Phi) is 5.35. The Balaban J connectivity index is 2.52. The highest BCUT2D eigenvalue weighted by Gasteiger charge is 2.28. The lowest BCUT2D eigenvalue weighted by atomic mass is 9.86. The number of amides is 1. The molecule has 0 aliphatic heterocycles. The van der Waals surface area contributed by atoms with E-state index in [4.69, 9.17) is 5.73 Å². The molecule has 4 heteroatoms. The molecule has 0 saturated carbocycles. The van der Waals surface area contributed by atoms with Crippen LogP contribution in [0.4, 0.5) is 0 Å². The van der Waals surface area contributed by atoms with Gasteiger partial charge < -0.3 is 11.1 Å². The molecule has 100 valence electrons. The third-order valence-corrected chi connectivity index (χ3v) is 3.29. The summed E-state index contributed by atoms with van der Waals surface area (Å²) in [5, 5.41) is 3.24. The Bertz CT molecular complexity index is 413.